The number of carbonyl (C=O) groups excluding carboxylic acids is 1. The van der Waals surface area contributed by atoms with Crippen molar-refractivity contribution in [1.82, 2.24) is 4.90 Å². The number of benzene rings is 2. The fraction of sp³-hybridized carbons (Fsp3) is 0.316. The van der Waals surface area contributed by atoms with E-state index < -0.39 is 37.2 Å². The Morgan fingerprint density at radius 2 is 1.61 bits per heavy atom. The molecule has 14 heteroatoms. The molecule has 0 saturated carbocycles. The number of nitro benzene ring substituents is 2. The number of nitro groups is 2. The second-order valence-corrected chi connectivity index (χ2v) is 8.32. The Hall–Kier alpha value is -3.78. The number of hydrogen-bond acceptors (Lipinski definition) is 10. The van der Waals surface area contributed by atoms with Crippen LogP contribution in [-0.2, 0) is 21.4 Å². The van der Waals surface area contributed by atoms with E-state index in [0.717, 1.165) is 24.5 Å². The van der Waals surface area contributed by atoms with E-state index in [9.17, 15) is 33.4 Å². The van der Waals surface area contributed by atoms with Crippen LogP contribution in [0.3, 0.4) is 0 Å². The van der Waals surface area contributed by atoms with Gasteiger partial charge in [-0.1, -0.05) is 6.07 Å². The molecule has 1 amide bonds. The summed E-state index contributed by atoms with van der Waals surface area (Å²) in [4.78, 5) is 35.0. The zero-order chi connectivity index (χ0) is 24.8. The summed E-state index contributed by atoms with van der Waals surface area (Å²) in [6.07, 6.45) is 0.864. The number of non-ortho nitro benzene ring substituents is 2. The van der Waals surface area contributed by atoms with Crippen LogP contribution in [-0.4, -0.2) is 62.7 Å². The van der Waals surface area contributed by atoms with E-state index in [0.29, 0.717) is 5.56 Å². The van der Waals surface area contributed by atoms with E-state index in [2.05, 4.69) is 0 Å². The molecule has 0 bridgehead atoms. The third-order valence-corrected chi connectivity index (χ3v) is 4.75. The summed E-state index contributed by atoms with van der Waals surface area (Å²) in [5.74, 6) is -0.670. The van der Waals surface area contributed by atoms with Crippen LogP contribution < -0.4 is 8.92 Å². The predicted molar refractivity (Wildman–Crippen MR) is 115 cm³/mol. The molecular formula is C19H21N3O10S. The summed E-state index contributed by atoms with van der Waals surface area (Å²) in [7, 11) is -1.13. The number of methoxy groups -OCH3 is 2. The molecule has 0 spiro atoms. The highest BCUT2D eigenvalue weighted by atomic mass is 32.2. The van der Waals surface area contributed by atoms with Crippen molar-refractivity contribution in [3.63, 3.8) is 0 Å². The lowest BCUT2D eigenvalue weighted by molar-refractivity contribution is -0.394. The minimum atomic E-state index is -3.86. The van der Waals surface area contributed by atoms with Crippen molar-refractivity contribution >= 4 is 27.4 Å². The van der Waals surface area contributed by atoms with Gasteiger partial charge >= 0.3 is 10.1 Å². The van der Waals surface area contributed by atoms with Crippen LogP contribution in [0.5, 0.6) is 11.5 Å². The van der Waals surface area contributed by atoms with Gasteiger partial charge in [0.15, 0.2) is 11.5 Å². The fourth-order valence-corrected chi connectivity index (χ4v) is 3.29. The molecule has 0 aliphatic heterocycles. The van der Waals surface area contributed by atoms with Gasteiger partial charge in [-0.2, -0.15) is 8.42 Å². The van der Waals surface area contributed by atoms with Gasteiger partial charge in [-0.15, -0.1) is 0 Å². The van der Waals surface area contributed by atoms with Gasteiger partial charge in [0.25, 0.3) is 17.3 Å². The zero-order valence-corrected chi connectivity index (χ0v) is 18.7. The van der Waals surface area contributed by atoms with E-state index in [1.165, 1.54) is 31.3 Å². The fourth-order valence-electron chi connectivity index (χ4n) is 2.83. The Morgan fingerprint density at radius 1 is 1.00 bits per heavy atom. The van der Waals surface area contributed by atoms with Gasteiger partial charge in [-0.05, 0) is 17.7 Å². The minimum absolute atomic E-state index is 0.0418. The molecule has 0 fully saturated rings. The van der Waals surface area contributed by atoms with Gasteiger partial charge in [0.05, 0.1) is 41.4 Å². The molecule has 2 aromatic carbocycles. The van der Waals surface area contributed by atoms with Crippen molar-refractivity contribution in [2.75, 3.05) is 33.6 Å². The van der Waals surface area contributed by atoms with Gasteiger partial charge in [0.1, 0.15) is 0 Å². The van der Waals surface area contributed by atoms with Gasteiger partial charge in [0, 0.05) is 32.3 Å². The van der Waals surface area contributed by atoms with Crippen LogP contribution in [0.1, 0.15) is 15.9 Å². The second-order valence-electron chi connectivity index (χ2n) is 6.74. The first-order chi connectivity index (χ1) is 15.4. The summed E-state index contributed by atoms with van der Waals surface area (Å²) >= 11 is 0. The number of amides is 1. The molecule has 13 nitrogen and oxygen atoms in total. The van der Waals surface area contributed by atoms with Crippen LogP contribution in [0.2, 0.25) is 0 Å². The normalized spacial score (nSPS) is 11.0. The highest BCUT2D eigenvalue weighted by Crippen LogP contribution is 2.30. The quantitative estimate of drug-likeness (QED) is 0.262. The molecule has 0 N–H and O–H groups in total. The van der Waals surface area contributed by atoms with E-state index in [-0.39, 0.29) is 36.8 Å². The van der Waals surface area contributed by atoms with E-state index >= 15 is 0 Å². The maximum absolute atomic E-state index is 13.1. The Labute approximate surface area is 188 Å². The van der Waals surface area contributed by atoms with E-state index in [1.807, 2.05) is 0 Å². The van der Waals surface area contributed by atoms with Gasteiger partial charge in [-0.3, -0.25) is 25.0 Å². The van der Waals surface area contributed by atoms with Gasteiger partial charge in [0.2, 0.25) is 0 Å². The summed E-state index contributed by atoms with van der Waals surface area (Å²) in [6.45, 7) is 0.0640. The Morgan fingerprint density at radius 3 is 2.09 bits per heavy atom. The van der Waals surface area contributed by atoms with Crippen molar-refractivity contribution in [2.24, 2.45) is 0 Å². The standard InChI is InChI=1S/C19H21N3O10S/c1-30-7-6-20(12-13-4-5-17(31-2)18(8-13)32-33(3,28)29)19(23)14-9-15(21(24)25)11-16(10-14)22(26)27/h4-5,8-11H,6-7,12H2,1-3H3. The van der Waals surface area contributed by atoms with Crippen molar-refractivity contribution in [3.8, 4) is 11.5 Å². The molecule has 0 atom stereocenters. The number of ether oxygens (including phenoxy) is 2. The number of hydrogen-bond donors (Lipinski definition) is 0. The van der Waals surface area contributed by atoms with Gasteiger partial charge in [-0.25, -0.2) is 0 Å². The molecule has 0 radical (unpaired) electrons. The highest BCUT2D eigenvalue weighted by Gasteiger charge is 2.24. The lowest BCUT2D eigenvalue weighted by Crippen LogP contribution is -2.33. The Kier molecular flexibility index (Phi) is 8.26. The molecule has 0 unspecified atom stereocenters. The SMILES string of the molecule is COCCN(Cc1ccc(OC)c(OS(C)(=O)=O)c1)C(=O)c1cc([N+](=O)[O-])cc([N+](=O)[O-])c1. The lowest BCUT2D eigenvalue weighted by Gasteiger charge is -2.23. The average molecular weight is 483 g/mol. The topological polar surface area (TPSA) is 168 Å². The van der Waals surface area contributed by atoms with Crippen LogP contribution in [0.25, 0.3) is 0 Å². The molecule has 0 aromatic heterocycles. The van der Waals surface area contributed by atoms with Crippen molar-refractivity contribution in [2.45, 2.75) is 6.54 Å². The zero-order valence-electron chi connectivity index (χ0n) is 17.9. The van der Waals surface area contributed by atoms with Crippen molar-refractivity contribution in [3.05, 3.63) is 67.8 Å². The summed E-state index contributed by atoms with van der Waals surface area (Å²) in [6, 6.07) is 7.03. The smallest absolute Gasteiger partial charge is 0.306 e. The minimum Gasteiger partial charge on any atom is -0.493 e. The van der Waals surface area contributed by atoms with Crippen LogP contribution in [0.4, 0.5) is 11.4 Å². The lowest BCUT2D eigenvalue weighted by atomic mass is 10.1. The van der Waals surface area contributed by atoms with E-state index in [1.54, 1.807) is 6.07 Å². The molecule has 33 heavy (non-hydrogen) atoms. The van der Waals surface area contributed by atoms with Crippen LogP contribution in [0.15, 0.2) is 36.4 Å². The average Bonchev–Trinajstić information content (AvgIpc) is 2.74. The molecule has 2 rings (SSSR count). The number of nitrogens with zero attached hydrogens (tertiary/aromatic N) is 3. The molecular weight excluding hydrogens is 462 g/mol. The first-order valence-electron chi connectivity index (χ1n) is 9.23. The summed E-state index contributed by atoms with van der Waals surface area (Å²) in [5.41, 5.74) is -1.02. The number of rotatable bonds is 11. The van der Waals surface area contributed by atoms with Crippen LogP contribution in [0, 0.1) is 20.2 Å². The Bertz CT molecular complexity index is 1130. The van der Waals surface area contributed by atoms with Crippen molar-refractivity contribution < 1.29 is 36.7 Å². The maximum atomic E-state index is 13.1. The van der Waals surface area contributed by atoms with E-state index in [4.69, 9.17) is 13.7 Å². The monoisotopic (exact) mass is 483 g/mol. The molecule has 2 aromatic rings. The highest BCUT2D eigenvalue weighted by molar-refractivity contribution is 7.86. The third kappa shape index (κ3) is 7.11. The number of carbonyl (C=O) groups is 1. The first-order valence-corrected chi connectivity index (χ1v) is 11.0. The van der Waals surface area contributed by atoms with Crippen molar-refractivity contribution in [1.29, 1.82) is 0 Å². The predicted octanol–water partition coefficient (Wildman–Crippen LogP) is 2.14. The largest absolute Gasteiger partial charge is 0.493 e. The maximum Gasteiger partial charge on any atom is 0.306 e. The first kappa shape index (κ1) is 25.5. The molecule has 0 heterocycles. The molecule has 0 aliphatic carbocycles. The molecule has 0 aliphatic rings. The Balaban J connectivity index is 2.45. The van der Waals surface area contributed by atoms with Gasteiger partial charge < -0.3 is 18.6 Å². The summed E-state index contributed by atoms with van der Waals surface area (Å²) < 4.78 is 38.1. The molecule has 0 saturated heterocycles. The summed E-state index contributed by atoms with van der Waals surface area (Å²) in [5, 5.41) is 22.3. The van der Waals surface area contributed by atoms with Crippen LogP contribution >= 0.6 is 0 Å². The third-order valence-electron chi connectivity index (χ3n) is 4.27. The second kappa shape index (κ2) is 10.7. The molecule has 178 valence electrons.